The van der Waals surface area contributed by atoms with Crippen LogP contribution < -0.4 is 26.6 Å². The second-order valence-electron chi connectivity index (χ2n) is 15.3. The molecule has 1 aliphatic heterocycles. The number of nitrogens with one attached hydrogen (secondary N) is 6. The lowest BCUT2D eigenvalue weighted by Crippen LogP contribution is -2.48. The van der Waals surface area contributed by atoms with Crippen LogP contribution in [0, 0.1) is 18.8 Å². The molecule has 0 bridgehead atoms. The third-order valence-corrected chi connectivity index (χ3v) is 9.92. The van der Waals surface area contributed by atoms with Gasteiger partial charge in [0.05, 0.1) is 0 Å². The number of alkyl carbamates (subject to hydrolysis) is 1. The number of pyridine rings is 1. The van der Waals surface area contributed by atoms with E-state index in [-0.39, 0.29) is 41.7 Å². The Morgan fingerprint density at radius 2 is 1.62 bits per heavy atom. The van der Waals surface area contributed by atoms with Crippen LogP contribution in [0.5, 0.6) is 0 Å². The van der Waals surface area contributed by atoms with E-state index in [1.165, 1.54) is 0 Å². The number of rotatable bonds is 12. The first-order valence-corrected chi connectivity index (χ1v) is 18.9. The number of H-pyrrole nitrogens is 1. The van der Waals surface area contributed by atoms with Crippen molar-refractivity contribution in [2.24, 2.45) is 11.8 Å². The summed E-state index contributed by atoms with van der Waals surface area (Å²) in [5.41, 5.74) is 4.08. The summed E-state index contributed by atoms with van der Waals surface area (Å²) in [5, 5.41) is 28.2. The Balaban J connectivity index is 1.10. The number of hydrogen-bond donors (Lipinski definition) is 6. The van der Waals surface area contributed by atoms with Crippen LogP contribution in [0.25, 0.3) is 22.5 Å². The second-order valence-corrected chi connectivity index (χ2v) is 15.3. The maximum atomic E-state index is 13.8. The summed E-state index contributed by atoms with van der Waals surface area (Å²) in [6, 6.07) is 16.7. The predicted octanol–water partition coefficient (Wildman–Crippen LogP) is 3.85. The van der Waals surface area contributed by atoms with E-state index < -0.39 is 29.7 Å². The maximum Gasteiger partial charge on any atom is 0.407 e. The molecular weight excluding hydrogens is 717 g/mol. The number of ether oxygens (including phenoxy) is 1. The van der Waals surface area contributed by atoms with Crippen molar-refractivity contribution in [3.63, 3.8) is 0 Å². The molecule has 4 aromatic rings. The van der Waals surface area contributed by atoms with Crippen molar-refractivity contribution in [2.45, 2.75) is 83.9 Å². The number of amides is 5. The van der Waals surface area contributed by atoms with Crippen molar-refractivity contribution >= 4 is 35.4 Å². The quantitative estimate of drug-likeness (QED) is 0.122. The first-order valence-electron chi connectivity index (χ1n) is 18.9. The number of carbonyl (C=O) groups excluding carboxylic acids is 5. The highest BCUT2D eigenvalue weighted by molar-refractivity contribution is 5.98. The normalized spacial score (nSPS) is 18.6. The van der Waals surface area contributed by atoms with E-state index in [1.54, 1.807) is 30.3 Å². The van der Waals surface area contributed by atoms with Crippen molar-refractivity contribution in [1.82, 2.24) is 46.9 Å². The minimum absolute atomic E-state index is 0.188. The summed E-state index contributed by atoms with van der Waals surface area (Å²) in [6.07, 6.45) is 3.11. The van der Waals surface area contributed by atoms with E-state index >= 15 is 0 Å². The van der Waals surface area contributed by atoms with Gasteiger partial charge in [0.15, 0.2) is 0 Å². The van der Waals surface area contributed by atoms with Crippen molar-refractivity contribution in [1.29, 1.82) is 0 Å². The van der Waals surface area contributed by atoms with Crippen molar-refractivity contribution < 1.29 is 28.7 Å². The first kappa shape index (κ1) is 39.5. The topological polar surface area (TPSA) is 222 Å². The molecule has 0 unspecified atom stereocenters. The van der Waals surface area contributed by atoms with Crippen LogP contribution in [0.4, 0.5) is 10.5 Å². The van der Waals surface area contributed by atoms with Gasteiger partial charge in [0.1, 0.15) is 23.4 Å². The molecular formula is C40H48N10O6. The van der Waals surface area contributed by atoms with Crippen LogP contribution in [-0.4, -0.2) is 86.1 Å². The largest absolute Gasteiger partial charge is 0.444 e. The highest BCUT2D eigenvalue weighted by atomic mass is 16.6. The number of hydrogen-bond acceptors (Lipinski definition) is 10. The van der Waals surface area contributed by atoms with E-state index in [0.29, 0.717) is 49.6 Å². The first-order chi connectivity index (χ1) is 26.8. The Morgan fingerprint density at radius 1 is 0.911 bits per heavy atom. The number of aromatic amines is 1. The molecule has 2 aromatic carbocycles. The van der Waals surface area contributed by atoms with Gasteiger partial charge in [-0.2, -0.15) is 5.21 Å². The van der Waals surface area contributed by atoms with E-state index in [0.717, 1.165) is 35.1 Å². The summed E-state index contributed by atoms with van der Waals surface area (Å²) in [4.78, 5) is 68.8. The fraction of sp³-hybridized carbons (Fsp3) is 0.425. The molecule has 5 amide bonds. The zero-order valence-electron chi connectivity index (χ0n) is 32.0. The Kier molecular flexibility index (Phi) is 12.4. The van der Waals surface area contributed by atoms with Gasteiger partial charge < -0.3 is 31.3 Å². The van der Waals surface area contributed by atoms with Gasteiger partial charge in [-0.3, -0.25) is 19.2 Å². The minimum Gasteiger partial charge on any atom is -0.444 e. The van der Waals surface area contributed by atoms with E-state index in [4.69, 9.17) is 4.74 Å². The van der Waals surface area contributed by atoms with Crippen molar-refractivity contribution in [2.75, 3.05) is 18.4 Å². The lowest BCUT2D eigenvalue weighted by molar-refractivity contribution is -0.130. The smallest absolute Gasteiger partial charge is 0.407 e. The molecule has 0 spiro atoms. The summed E-state index contributed by atoms with van der Waals surface area (Å²) in [5.74, 6) is -0.775. The molecule has 16 nitrogen and oxygen atoms in total. The molecule has 16 heteroatoms. The third-order valence-electron chi connectivity index (χ3n) is 9.92. The predicted molar refractivity (Wildman–Crippen MR) is 207 cm³/mol. The monoisotopic (exact) mass is 764 g/mol. The zero-order chi connectivity index (χ0) is 39.8. The minimum atomic E-state index is -0.875. The number of tetrazole rings is 1. The Labute approximate surface area is 324 Å². The number of benzene rings is 2. The molecule has 3 heterocycles. The van der Waals surface area contributed by atoms with Crippen LogP contribution in [0.15, 0.2) is 60.7 Å². The van der Waals surface area contributed by atoms with Gasteiger partial charge in [0.2, 0.25) is 23.5 Å². The molecule has 6 rings (SSSR count). The summed E-state index contributed by atoms with van der Waals surface area (Å²) in [7, 11) is 0. The van der Waals surface area contributed by atoms with Crippen LogP contribution in [0.2, 0.25) is 0 Å². The van der Waals surface area contributed by atoms with Gasteiger partial charge >= 0.3 is 6.09 Å². The van der Waals surface area contributed by atoms with Crippen molar-refractivity contribution in [3.05, 3.63) is 77.6 Å². The van der Waals surface area contributed by atoms with E-state index in [1.807, 2.05) is 58.0 Å². The third kappa shape index (κ3) is 10.5. The van der Waals surface area contributed by atoms with E-state index in [9.17, 15) is 24.0 Å². The fourth-order valence-electron chi connectivity index (χ4n) is 6.90. The number of aryl methyl sites for hydroxylation is 1. The molecule has 56 heavy (non-hydrogen) atoms. The van der Waals surface area contributed by atoms with Gasteiger partial charge in [-0.15, -0.1) is 10.2 Å². The molecule has 1 saturated heterocycles. The fourth-order valence-corrected chi connectivity index (χ4v) is 6.90. The number of carbonyl (C=O) groups is 5. The van der Waals surface area contributed by atoms with Gasteiger partial charge in [-0.25, -0.2) is 9.78 Å². The standard InChI is InChI=1S/C40H48N10O6/c1-23-30(17-18-31(43-23)37(53)45-32-19-20-41-36(32)52)26-9-5-24(6-10-26)21-33(38(54)44-29-15-13-27(14-16-29)34-47-49-50-48-34)46-35(51)28-11-7-25(8-12-28)22-42-39(55)56-40(2,3)4/h5-6,9-10,13-18,25,28,32-33H,7-8,11-12,19-22H2,1-4H3,(H,41,52)(H,42,55)(H,44,54)(H,45,53)(H,46,51)(H,47,48,49,50)/t25-,28-,32-,33+/m1/s1. The number of anilines is 1. The van der Waals surface area contributed by atoms with Gasteiger partial charge in [0, 0.05) is 47.9 Å². The zero-order valence-corrected chi connectivity index (χ0v) is 32.0. The molecule has 2 fully saturated rings. The lowest BCUT2D eigenvalue weighted by atomic mass is 9.81. The summed E-state index contributed by atoms with van der Waals surface area (Å²) in [6.45, 7) is 8.27. The van der Waals surface area contributed by atoms with Gasteiger partial charge in [-0.1, -0.05) is 30.3 Å². The highest BCUT2D eigenvalue weighted by Crippen LogP contribution is 2.29. The Hall–Kier alpha value is -6.19. The second kappa shape index (κ2) is 17.5. The highest BCUT2D eigenvalue weighted by Gasteiger charge is 2.31. The van der Waals surface area contributed by atoms with Gasteiger partial charge in [0.25, 0.3) is 5.91 Å². The van der Waals surface area contributed by atoms with Crippen molar-refractivity contribution in [3.8, 4) is 22.5 Å². The SMILES string of the molecule is Cc1nc(C(=O)N[C@@H]2CCNC2=O)ccc1-c1ccc(C[C@H](NC(=O)[C@H]2CC[C@H](CNC(=O)OC(C)(C)C)CC2)C(=O)Nc2ccc(-c3nn[nH]n3)cc2)cc1. The maximum absolute atomic E-state index is 13.8. The van der Waals surface area contributed by atoms with Crippen LogP contribution >= 0.6 is 0 Å². The van der Waals surface area contributed by atoms with Crippen LogP contribution in [0.3, 0.4) is 0 Å². The summed E-state index contributed by atoms with van der Waals surface area (Å²) >= 11 is 0. The number of nitrogens with zero attached hydrogens (tertiary/aromatic N) is 4. The van der Waals surface area contributed by atoms with E-state index in [2.05, 4.69) is 52.2 Å². The molecule has 2 atom stereocenters. The average molecular weight is 765 g/mol. The van der Waals surface area contributed by atoms with Crippen LogP contribution in [0.1, 0.15) is 74.6 Å². The molecule has 1 saturated carbocycles. The number of aromatic nitrogens is 5. The lowest BCUT2D eigenvalue weighted by Gasteiger charge is -2.29. The Bertz CT molecular complexity index is 2020. The molecule has 2 aliphatic rings. The molecule has 0 radical (unpaired) electrons. The summed E-state index contributed by atoms with van der Waals surface area (Å²) < 4.78 is 5.35. The van der Waals surface area contributed by atoms with Crippen LogP contribution in [-0.2, 0) is 25.5 Å². The van der Waals surface area contributed by atoms with Gasteiger partial charge in [-0.05, 0) is 112 Å². The molecule has 2 aromatic heterocycles. The molecule has 6 N–H and O–H groups in total. The average Bonchev–Trinajstić information content (AvgIpc) is 3.86. The molecule has 1 aliphatic carbocycles. The Morgan fingerprint density at radius 3 is 2.25 bits per heavy atom. The molecule has 294 valence electrons.